The molecular weight excluding hydrogens is 256 g/mol. The van der Waals surface area contributed by atoms with Crippen molar-refractivity contribution in [1.29, 1.82) is 0 Å². The quantitative estimate of drug-likeness (QED) is 0.703. The van der Waals surface area contributed by atoms with E-state index in [9.17, 15) is 0 Å². The van der Waals surface area contributed by atoms with E-state index in [2.05, 4.69) is 28.6 Å². The molecule has 0 saturated carbocycles. The topological polar surface area (TPSA) is 15.6 Å². The van der Waals surface area contributed by atoms with Crippen molar-refractivity contribution < 1.29 is 0 Å². The van der Waals surface area contributed by atoms with E-state index < -0.39 is 0 Å². The van der Waals surface area contributed by atoms with Crippen LogP contribution < -0.4 is 4.90 Å². The van der Waals surface area contributed by atoms with Crippen LogP contribution in [0.4, 0.5) is 17.1 Å². The van der Waals surface area contributed by atoms with Crippen LogP contribution in [0.3, 0.4) is 0 Å². The average Bonchev–Trinajstić information content (AvgIpc) is 2.41. The molecule has 0 N–H and O–H groups in total. The van der Waals surface area contributed by atoms with Gasteiger partial charge in [0.2, 0.25) is 0 Å². The van der Waals surface area contributed by atoms with Gasteiger partial charge in [-0.05, 0) is 37.3 Å². The summed E-state index contributed by atoms with van der Waals surface area (Å²) in [4.78, 5) is 6.66. The maximum absolute atomic E-state index is 6.04. The first-order chi connectivity index (χ1) is 9.16. The molecule has 3 heteroatoms. The predicted molar refractivity (Wildman–Crippen MR) is 81.9 cm³/mol. The van der Waals surface area contributed by atoms with Gasteiger partial charge in [-0.3, -0.25) is 0 Å². The minimum Gasteiger partial charge on any atom is -0.307 e. The maximum Gasteiger partial charge on any atom is 0.0889 e. The predicted octanol–water partition coefficient (Wildman–Crippen LogP) is 5.10. The van der Waals surface area contributed by atoms with Crippen LogP contribution in [0.15, 0.2) is 65.8 Å². The zero-order chi connectivity index (χ0) is 13.4. The number of allylic oxidation sites excluding steroid dienone is 1. The molecule has 0 atom stereocenters. The Morgan fingerprint density at radius 3 is 2.58 bits per heavy atom. The highest BCUT2D eigenvalue weighted by atomic mass is 35.5. The third kappa shape index (κ3) is 2.04. The fourth-order valence-electron chi connectivity index (χ4n) is 2.20. The van der Waals surface area contributed by atoms with Gasteiger partial charge in [0.15, 0.2) is 0 Å². The third-order valence-electron chi connectivity index (χ3n) is 3.17. The highest BCUT2D eigenvalue weighted by molar-refractivity contribution is 6.31. The molecule has 0 radical (unpaired) electrons. The van der Waals surface area contributed by atoms with Gasteiger partial charge in [-0.25, -0.2) is 4.99 Å². The number of aliphatic imine (C=N–C) groups is 1. The summed E-state index contributed by atoms with van der Waals surface area (Å²) < 4.78 is 0. The Hall–Kier alpha value is -2.06. The van der Waals surface area contributed by atoms with Gasteiger partial charge >= 0.3 is 0 Å². The first kappa shape index (κ1) is 12.0. The van der Waals surface area contributed by atoms with E-state index in [0.717, 1.165) is 28.5 Å². The molecular formula is C16H13ClN2. The monoisotopic (exact) mass is 268 g/mol. The first-order valence-corrected chi connectivity index (χ1v) is 6.44. The number of halogens is 1. The first-order valence-electron chi connectivity index (χ1n) is 6.06. The van der Waals surface area contributed by atoms with Crippen LogP contribution in [0.25, 0.3) is 0 Å². The van der Waals surface area contributed by atoms with E-state index in [1.807, 2.05) is 43.3 Å². The van der Waals surface area contributed by atoms with Crippen molar-refractivity contribution in [1.82, 2.24) is 0 Å². The fourth-order valence-corrected chi connectivity index (χ4v) is 2.37. The van der Waals surface area contributed by atoms with E-state index in [1.54, 1.807) is 0 Å². The summed E-state index contributed by atoms with van der Waals surface area (Å²) in [5, 5.41) is 0.691. The summed E-state index contributed by atoms with van der Waals surface area (Å²) in [6, 6.07) is 15.9. The van der Waals surface area contributed by atoms with Gasteiger partial charge in [0.1, 0.15) is 0 Å². The van der Waals surface area contributed by atoms with Crippen molar-refractivity contribution in [3.8, 4) is 0 Å². The average molecular weight is 269 g/mol. The second-order valence-electron chi connectivity index (χ2n) is 4.45. The van der Waals surface area contributed by atoms with Crippen LogP contribution in [0, 0.1) is 0 Å². The molecule has 0 amide bonds. The lowest BCUT2D eigenvalue weighted by Gasteiger charge is -2.31. The molecule has 2 aromatic carbocycles. The lowest BCUT2D eigenvalue weighted by Crippen LogP contribution is -2.23. The Labute approximate surface area is 117 Å². The number of fused-ring (bicyclic) bond motifs is 1. The van der Waals surface area contributed by atoms with Crippen LogP contribution in [0.5, 0.6) is 0 Å². The van der Waals surface area contributed by atoms with Crippen molar-refractivity contribution in [2.45, 2.75) is 6.92 Å². The van der Waals surface area contributed by atoms with Crippen molar-refractivity contribution >= 4 is 34.4 Å². The summed E-state index contributed by atoms with van der Waals surface area (Å²) in [5.74, 6) is 0. The Balaban J connectivity index is 2.21. The van der Waals surface area contributed by atoms with Gasteiger partial charge in [-0.2, -0.15) is 0 Å². The smallest absolute Gasteiger partial charge is 0.0889 e. The molecule has 0 aromatic heterocycles. The van der Waals surface area contributed by atoms with Gasteiger partial charge in [-0.1, -0.05) is 36.4 Å². The van der Waals surface area contributed by atoms with Crippen molar-refractivity contribution in [2.24, 2.45) is 4.99 Å². The van der Waals surface area contributed by atoms with E-state index in [0.29, 0.717) is 5.02 Å². The number of para-hydroxylation sites is 1. The minimum atomic E-state index is 0.691. The molecule has 1 heterocycles. The van der Waals surface area contributed by atoms with Gasteiger partial charge in [0.25, 0.3) is 0 Å². The molecule has 0 spiro atoms. The number of hydrogen-bond donors (Lipinski definition) is 0. The fraction of sp³-hybridized carbons (Fsp3) is 0.0625. The summed E-state index contributed by atoms with van der Waals surface area (Å²) in [5.41, 5.74) is 4.75. The van der Waals surface area contributed by atoms with E-state index in [-0.39, 0.29) is 0 Å². The summed E-state index contributed by atoms with van der Waals surface area (Å²) in [6.45, 7) is 6.10. The minimum absolute atomic E-state index is 0.691. The Kier molecular flexibility index (Phi) is 2.88. The standard InChI is InChI=1S/C16H13ClN2/c1-11-12(2)19(14-6-4-3-5-7-14)16-9-8-13(17)10-15(16)18-11/h3-10H,2H2,1H3. The van der Waals surface area contributed by atoms with Gasteiger partial charge in [-0.15, -0.1) is 0 Å². The van der Waals surface area contributed by atoms with Crippen molar-refractivity contribution in [2.75, 3.05) is 4.90 Å². The lowest BCUT2D eigenvalue weighted by molar-refractivity contribution is 1.19. The molecule has 0 aliphatic carbocycles. The number of nitrogens with zero attached hydrogens (tertiary/aromatic N) is 2. The van der Waals surface area contributed by atoms with Crippen LogP contribution in [0.1, 0.15) is 6.92 Å². The normalized spacial score (nSPS) is 14.1. The molecule has 0 fully saturated rings. The zero-order valence-corrected chi connectivity index (χ0v) is 11.4. The Morgan fingerprint density at radius 1 is 1.11 bits per heavy atom. The summed E-state index contributed by atoms with van der Waals surface area (Å²) in [7, 11) is 0. The maximum atomic E-state index is 6.04. The van der Waals surface area contributed by atoms with E-state index in [4.69, 9.17) is 11.6 Å². The van der Waals surface area contributed by atoms with E-state index >= 15 is 0 Å². The molecule has 1 aliphatic heterocycles. The molecule has 0 saturated heterocycles. The molecule has 0 unspecified atom stereocenters. The van der Waals surface area contributed by atoms with Crippen LogP contribution in [-0.2, 0) is 0 Å². The molecule has 2 aromatic rings. The van der Waals surface area contributed by atoms with Crippen LogP contribution in [-0.4, -0.2) is 5.71 Å². The second kappa shape index (κ2) is 4.56. The van der Waals surface area contributed by atoms with Crippen LogP contribution >= 0.6 is 11.6 Å². The summed E-state index contributed by atoms with van der Waals surface area (Å²) in [6.07, 6.45) is 0. The molecule has 94 valence electrons. The number of benzene rings is 2. The number of hydrogen-bond acceptors (Lipinski definition) is 2. The molecule has 0 bridgehead atoms. The zero-order valence-electron chi connectivity index (χ0n) is 10.6. The molecule has 1 aliphatic rings. The lowest BCUT2D eigenvalue weighted by atomic mass is 10.1. The van der Waals surface area contributed by atoms with Gasteiger partial charge < -0.3 is 4.90 Å². The largest absolute Gasteiger partial charge is 0.307 e. The third-order valence-corrected chi connectivity index (χ3v) is 3.40. The molecule has 2 nitrogen and oxygen atoms in total. The highest BCUT2D eigenvalue weighted by Gasteiger charge is 2.22. The SMILES string of the molecule is C=C1C(C)=Nc2cc(Cl)ccc2N1c1ccccc1. The molecule has 19 heavy (non-hydrogen) atoms. The van der Waals surface area contributed by atoms with Gasteiger partial charge in [0, 0.05) is 10.7 Å². The van der Waals surface area contributed by atoms with E-state index in [1.165, 1.54) is 0 Å². The Morgan fingerprint density at radius 2 is 1.84 bits per heavy atom. The molecule has 3 rings (SSSR count). The Bertz CT molecular complexity index is 674. The van der Waals surface area contributed by atoms with Gasteiger partial charge in [0.05, 0.1) is 22.8 Å². The number of rotatable bonds is 1. The van der Waals surface area contributed by atoms with Crippen molar-refractivity contribution in [3.05, 3.63) is 65.8 Å². The summed E-state index contributed by atoms with van der Waals surface area (Å²) >= 11 is 6.04. The number of anilines is 2. The van der Waals surface area contributed by atoms with Crippen LogP contribution in [0.2, 0.25) is 5.02 Å². The second-order valence-corrected chi connectivity index (χ2v) is 4.88. The highest BCUT2D eigenvalue weighted by Crippen LogP contribution is 2.41. The van der Waals surface area contributed by atoms with Crippen molar-refractivity contribution in [3.63, 3.8) is 0 Å².